The van der Waals surface area contributed by atoms with Crippen LogP contribution in [0.4, 0.5) is 10.8 Å². The Bertz CT molecular complexity index is 1010. The van der Waals surface area contributed by atoms with Gasteiger partial charge in [-0.2, -0.15) is 0 Å². The molecule has 0 spiro atoms. The highest BCUT2D eigenvalue weighted by molar-refractivity contribution is 7.14. The highest BCUT2D eigenvalue weighted by Gasteiger charge is 2.13. The number of nitrogens with one attached hydrogen (secondary N) is 1. The molecule has 0 aliphatic rings. The average Bonchev–Trinajstić information content (AvgIpc) is 3.07. The normalized spacial score (nSPS) is 10.5. The molecule has 0 atom stereocenters. The molecule has 1 N–H and O–H groups in total. The van der Waals surface area contributed by atoms with Crippen molar-refractivity contribution in [1.82, 2.24) is 4.98 Å². The Labute approximate surface area is 166 Å². The van der Waals surface area contributed by atoms with Gasteiger partial charge < -0.3 is 4.74 Å². The van der Waals surface area contributed by atoms with Gasteiger partial charge in [0.15, 0.2) is 11.7 Å². The van der Waals surface area contributed by atoms with Crippen molar-refractivity contribution in [3.05, 3.63) is 68.6 Å². The van der Waals surface area contributed by atoms with Crippen LogP contribution in [0, 0.1) is 30.9 Å². The lowest BCUT2D eigenvalue weighted by Gasteiger charge is -2.09. The monoisotopic (exact) mass is 397 g/mol. The van der Waals surface area contributed by atoms with E-state index in [1.807, 2.05) is 19.2 Å². The van der Waals surface area contributed by atoms with E-state index >= 15 is 0 Å². The summed E-state index contributed by atoms with van der Waals surface area (Å²) in [6.07, 6.45) is 0. The molecule has 7 nitrogen and oxygen atoms in total. The summed E-state index contributed by atoms with van der Waals surface area (Å²) in [5.41, 5.74) is 5.35. The van der Waals surface area contributed by atoms with Crippen LogP contribution in [0.5, 0.6) is 5.75 Å². The smallest absolute Gasteiger partial charge is 0.269 e. The van der Waals surface area contributed by atoms with Crippen molar-refractivity contribution in [3.8, 4) is 17.0 Å². The number of benzene rings is 2. The Kier molecular flexibility index (Phi) is 5.70. The van der Waals surface area contributed by atoms with Crippen LogP contribution in [-0.4, -0.2) is 22.4 Å². The number of non-ortho nitro benzene ring substituents is 1. The van der Waals surface area contributed by atoms with Gasteiger partial charge in [0.1, 0.15) is 5.75 Å². The molecule has 3 aromatic rings. The average molecular weight is 397 g/mol. The molecule has 0 aliphatic heterocycles. The number of hydrogen-bond acceptors (Lipinski definition) is 6. The van der Waals surface area contributed by atoms with E-state index in [4.69, 9.17) is 4.74 Å². The summed E-state index contributed by atoms with van der Waals surface area (Å²) in [5.74, 6) is 0.0306. The molecule has 3 rings (SSSR count). The van der Waals surface area contributed by atoms with Crippen molar-refractivity contribution in [2.45, 2.75) is 20.8 Å². The number of rotatable bonds is 6. The molecule has 0 saturated heterocycles. The third-order valence-electron chi connectivity index (χ3n) is 4.10. The molecular formula is C20H19N3O4S. The Balaban J connectivity index is 1.62. The third kappa shape index (κ3) is 4.52. The lowest BCUT2D eigenvalue weighted by atomic mass is 9.98. The van der Waals surface area contributed by atoms with Gasteiger partial charge >= 0.3 is 0 Å². The zero-order chi connectivity index (χ0) is 20.3. The summed E-state index contributed by atoms with van der Waals surface area (Å²) >= 11 is 1.35. The van der Waals surface area contributed by atoms with Gasteiger partial charge in [0.05, 0.1) is 10.6 Å². The minimum absolute atomic E-state index is 0.0335. The van der Waals surface area contributed by atoms with Crippen LogP contribution in [0.1, 0.15) is 16.7 Å². The second-order valence-electron chi connectivity index (χ2n) is 6.40. The maximum absolute atomic E-state index is 12.1. The molecule has 2 aromatic carbocycles. The van der Waals surface area contributed by atoms with Crippen LogP contribution in [0.15, 0.2) is 41.8 Å². The largest absolute Gasteiger partial charge is 0.484 e. The predicted molar refractivity (Wildman–Crippen MR) is 109 cm³/mol. The van der Waals surface area contributed by atoms with E-state index in [0.29, 0.717) is 10.9 Å². The molecule has 1 amide bonds. The van der Waals surface area contributed by atoms with Crippen molar-refractivity contribution in [2.24, 2.45) is 0 Å². The van der Waals surface area contributed by atoms with Gasteiger partial charge in [-0.3, -0.25) is 20.2 Å². The number of amides is 1. The number of nitro benzene ring substituents is 1. The SMILES string of the molecule is Cc1cc(C)c(-c2csc(NC(=O)COc3ccc([N+](=O)[O-])cc3)n2)c(C)c1. The van der Waals surface area contributed by atoms with Gasteiger partial charge in [-0.15, -0.1) is 11.3 Å². The van der Waals surface area contributed by atoms with Gasteiger partial charge in [-0.05, 0) is 44.0 Å². The molecule has 0 radical (unpaired) electrons. The topological polar surface area (TPSA) is 94.4 Å². The minimum atomic E-state index is -0.492. The van der Waals surface area contributed by atoms with Crippen molar-refractivity contribution in [3.63, 3.8) is 0 Å². The fourth-order valence-electron chi connectivity index (χ4n) is 3.00. The van der Waals surface area contributed by atoms with E-state index in [1.54, 1.807) is 0 Å². The molecule has 1 heterocycles. The van der Waals surface area contributed by atoms with Crippen molar-refractivity contribution in [1.29, 1.82) is 0 Å². The van der Waals surface area contributed by atoms with Crippen LogP contribution in [0.3, 0.4) is 0 Å². The number of aromatic nitrogens is 1. The maximum Gasteiger partial charge on any atom is 0.269 e. The maximum atomic E-state index is 12.1. The zero-order valence-electron chi connectivity index (χ0n) is 15.7. The molecule has 8 heteroatoms. The second kappa shape index (κ2) is 8.18. The number of anilines is 1. The fourth-order valence-corrected chi connectivity index (χ4v) is 3.72. The molecule has 1 aromatic heterocycles. The third-order valence-corrected chi connectivity index (χ3v) is 4.86. The van der Waals surface area contributed by atoms with Gasteiger partial charge in [0, 0.05) is 23.1 Å². The number of nitrogens with zero attached hydrogens (tertiary/aromatic N) is 2. The first-order valence-corrected chi connectivity index (χ1v) is 9.42. The van der Waals surface area contributed by atoms with Gasteiger partial charge in [0.25, 0.3) is 11.6 Å². The molecule has 28 heavy (non-hydrogen) atoms. The molecule has 0 aliphatic carbocycles. The molecule has 0 fully saturated rings. The van der Waals surface area contributed by atoms with Crippen molar-refractivity contribution >= 4 is 28.1 Å². The minimum Gasteiger partial charge on any atom is -0.484 e. The summed E-state index contributed by atoms with van der Waals surface area (Å²) in [4.78, 5) is 26.8. The fraction of sp³-hybridized carbons (Fsp3) is 0.200. The quantitative estimate of drug-likeness (QED) is 0.482. The van der Waals surface area contributed by atoms with E-state index < -0.39 is 4.92 Å². The first kappa shape index (κ1) is 19.5. The lowest BCUT2D eigenvalue weighted by molar-refractivity contribution is -0.384. The number of ether oxygens (including phenoxy) is 1. The van der Waals surface area contributed by atoms with Crippen LogP contribution < -0.4 is 10.1 Å². The van der Waals surface area contributed by atoms with E-state index in [1.165, 1.54) is 41.2 Å². The molecule has 0 bridgehead atoms. The number of nitro groups is 1. The summed E-state index contributed by atoms with van der Waals surface area (Å²) < 4.78 is 5.36. The van der Waals surface area contributed by atoms with Gasteiger partial charge in [-0.25, -0.2) is 4.98 Å². The van der Waals surface area contributed by atoms with E-state index in [-0.39, 0.29) is 18.2 Å². The summed E-state index contributed by atoms with van der Waals surface area (Å²) in [6, 6.07) is 9.78. The van der Waals surface area contributed by atoms with Crippen LogP contribution in [0.2, 0.25) is 0 Å². The highest BCUT2D eigenvalue weighted by Crippen LogP contribution is 2.31. The lowest BCUT2D eigenvalue weighted by Crippen LogP contribution is -2.20. The summed E-state index contributed by atoms with van der Waals surface area (Å²) in [6.45, 7) is 5.94. The van der Waals surface area contributed by atoms with Crippen LogP contribution in [-0.2, 0) is 4.79 Å². The van der Waals surface area contributed by atoms with Gasteiger partial charge in [-0.1, -0.05) is 17.7 Å². The highest BCUT2D eigenvalue weighted by atomic mass is 32.1. The first-order chi connectivity index (χ1) is 13.3. The molecular weight excluding hydrogens is 378 g/mol. The standard InChI is InChI=1S/C20H19N3O4S/c1-12-8-13(2)19(14(3)9-12)17-11-28-20(21-17)22-18(24)10-27-16-6-4-15(5-7-16)23(25)26/h4-9,11H,10H2,1-3H3,(H,21,22,24). The van der Waals surface area contributed by atoms with Gasteiger partial charge in [0.2, 0.25) is 0 Å². The Morgan fingerprint density at radius 2 is 1.82 bits per heavy atom. The predicted octanol–water partition coefficient (Wildman–Crippen LogP) is 4.66. The number of aryl methyl sites for hydroxylation is 3. The number of carbonyl (C=O) groups is 1. The molecule has 0 unspecified atom stereocenters. The Hall–Kier alpha value is -3.26. The Morgan fingerprint density at radius 1 is 1.18 bits per heavy atom. The zero-order valence-corrected chi connectivity index (χ0v) is 16.5. The number of hydrogen-bond donors (Lipinski definition) is 1. The van der Waals surface area contributed by atoms with E-state index in [9.17, 15) is 14.9 Å². The Morgan fingerprint density at radius 3 is 2.43 bits per heavy atom. The number of thiazole rings is 1. The molecule has 0 saturated carbocycles. The molecule has 144 valence electrons. The van der Waals surface area contributed by atoms with E-state index in [2.05, 4.69) is 29.4 Å². The van der Waals surface area contributed by atoms with Crippen LogP contribution in [0.25, 0.3) is 11.3 Å². The van der Waals surface area contributed by atoms with Crippen molar-refractivity contribution in [2.75, 3.05) is 11.9 Å². The van der Waals surface area contributed by atoms with Crippen LogP contribution >= 0.6 is 11.3 Å². The summed E-state index contributed by atoms with van der Waals surface area (Å²) in [7, 11) is 0. The second-order valence-corrected chi connectivity index (χ2v) is 7.26. The first-order valence-electron chi connectivity index (χ1n) is 8.54. The number of carbonyl (C=O) groups excluding carboxylic acids is 1. The van der Waals surface area contributed by atoms with Crippen molar-refractivity contribution < 1.29 is 14.5 Å². The van der Waals surface area contributed by atoms with E-state index in [0.717, 1.165) is 22.4 Å². The summed E-state index contributed by atoms with van der Waals surface area (Å²) in [5, 5.41) is 15.8.